The molecule has 1 saturated heterocycles. The Kier molecular flexibility index (Phi) is 4.70. The average molecular weight is 342 g/mol. The fraction of sp³-hybridized carbons (Fsp3) is 0.263. The molecular formula is C19H19FN2O3. The van der Waals surface area contributed by atoms with Crippen LogP contribution in [0.4, 0.5) is 4.39 Å². The Hall–Kier alpha value is -2.89. The molecule has 2 N–H and O–H groups in total. The first kappa shape index (κ1) is 17.0. The normalized spacial score (nSPS) is 16.7. The third kappa shape index (κ3) is 3.47. The van der Waals surface area contributed by atoms with Gasteiger partial charge in [-0.1, -0.05) is 18.2 Å². The third-order valence-electron chi connectivity index (χ3n) is 4.50. The van der Waals surface area contributed by atoms with E-state index in [1.807, 2.05) is 12.1 Å². The van der Waals surface area contributed by atoms with Gasteiger partial charge in [-0.15, -0.1) is 0 Å². The summed E-state index contributed by atoms with van der Waals surface area (Å²) >= 11 is 0. The minimum atomic E-state index is -0.583. The van der Waals surface area contributed by atoms with Crippen molar-refractivity contribution in [1.82, 2.24) is 4.90 Å². The third-order valence-corrected chi connectivity index (χ3v) is 4.50. The van der Waals surface area contributed by atoms with E-state index >= 15 is 0 Å². The van der Waals surface area contributed by atoms with Gasteiger partial charge >= 0.3 is 0 Å². The highest BCUT2D eigenvalue weighted by Gasteiger charge is 2.31. The summed E-state index contributed by atoms with van der Waals surface area (Å²) in [5.74, 6) is -1.06. The number of nitrogens with zero attached hydrogens (tertiary/aromatic N) is 1. The summed E-state index contributed by atoms with van der Waals surface area (Å²) < 4.78 is 19.6. The zero-order valence-corrected chi connectivity index (χ0v) is 13.9. The van der Waals surface area contributed by atoms with Crippen molar-refractivity contribution < 1.29 is 18.7 Å². The van der Waals surface area contributed by atoms with E-state index in [0.29, 0.717) is 24.3 Å². The van der Waals surface area contributed by atoms with Crippen LogP contribution in [0.15, 0.2) is 42.5 Å². The first-order valence-electron chi connectivity index (χ1n) is 8.02. The van der Waals surface area contributed by atoms with Crippen molar-refractivity contribution in [2.45, 2.75) is 6.42 Å². The zero-order chi connectivity index (χ0) is 18.0. The van der Waals surface area contributed by atoms with Crippen LogP contribution in [-0.4, -0.2) is 36.9 Å². The van der Waals surface area contributed by atoms with Crippen molar-refractivity contribution in [1.29, 1.82) is 0 Å². The number of carbonyl (C=O) groups is 2. The quantitative estimate of drug-likeness (QED) is 0.928. The summed E-state index contributed by atoms with van der Waals surface area (Å²) in [5.41, 5.74) is 6.78. The molecule has 2 aromatic rings. The van der Waals surface area contributed by atoms with Gasteiger partial charge in [-0.2, -0.15) is 0 Å². The molecule has 25 heavy (non-hydrogen) atoms. The highest BCUT2D eigenvalue weighted by atomic mass is 19.1. The molecule has 1 fully saturated rings. The number of primary amides is 1. The van der Waals surface area contributed by atoms with E-state index in [-0.39, 0.29) is 18.0 Å². The number of hydrogen-bond donors (Lipinski definition) is 1. The van der Waals surface area contributed by atoms with Gasteiger partial charge < -0.3 is 15.4 Å². The van der Waals surface area contributed by atoms with Gasteiger partial charge in [0.05, 0.1) is 18.6 Å². The van der Waals surface area contributed by atoms with Gasteiger partial charge in [0.15, 0.2) is 0 Å². The molecule has 6 heteroatoms. The number of halogens is 1. The maximum Gasteiger partial charge on any atom is 0.256 e. The SMILES string of the molecule is COc1ccc(-c2ccc(C(=O)N3CC[C@H](C(N)=O)C3)c(F)c2)cc1. The minimum Gasteiger partial charge on any atom is -0.497 e. The van der Waals surface area contributed by atoms with Gasteiger partial charge in [0.25, 0.3) is 5.91 Å². The van der Waals surface area contributed by atoms with Crippen molar-refractivity contribution in [2.24, 2.45) is 11.7 Å². The smallest absolute Gasteiger partial charge is 0.256 e. The number of methoxy groups -OCH3 is 1. The first-order valence-corrected chi connectivity index (χ1v) is 8.02. The molecule has 130 valence electrons. The summed E-state index contributed by atoms with van der Waals surface area (Å²) in [5, 5.41) is 0. The summed E-state index contributed by atoms with van der Waals surface area (Å²) in [4.78, 5) is 25.2. The number of benzene rings is 2. The number of carbonyl (C=O) groups excluding carboxylic acids is 2. The fourth-order valence-electron chi connectivity index (χ4n) is 3.00. The maximum absolute atomic E-state index is 14.5. The van der Waals surface area contributed by atoms with Crippen LogP contribution in [0.25, 0.3) is 11.1 Å². The molecule has 2 amide bonds. The molecule has 0 aliphatic carbocycles. The standard InChI is InChI=1S/C19H19FN2O3/c1-25-15-5-2-12(3-6-15)13-4-7-16(17(20)10-13)19(24)22-9-8-14(11-22)18(21)23/h2-7,10,14H,8-9,11H2,1H3,(H2,21,23)/t14-/m0/s1. The molecule has 0 saturated carbocycles. The van der Waals surface area contributed by atoms with Crippen molar-refractivity contribution in [3.8, 4) is 16.9 Å². The van der Waals surface area contributed by atoms with Gasteiger partial charge in [-0.05, 0) is 41.8 Å². The Morgan fingerprint density at radius 3 is 2.40 bits per heavy atom. The molecular weight excluding hydrogens is 323 g/mol. The Labute approximate surface area is 145 Å². The van der Waals surface area contributed by atoms with E-state index in [2.05, 4.69) is 0 Å². The summed E-state index contributed by atoms with van der Waals surface area (Å²) in [6, 6.07) is 11.8. The van der Waals surface area contributed by atoms with E-state index in [4.69, 9.17) is 10.5 Å². The van der Waals surface area contributed by atoms with Crippen LogP contribution in [0, 0.1) is 11.7 Å². The highest BCUT2D eigenvalue weighted by molar-refractivity contribution is 5.95. The van der Waals surface area contributed by atoms with Crippen LogP contribution in [0.5, 0.6) is 5.75 Å². The lowest BCUT2D eigenvalue weighted by Crippen LogP contribution is -2.32. The first-order chi connectivity index (χ1) is 12.0. The molecule has 0 aromatic heterocycles. The number of amides is 2. The highest BCUT2D eigenvalue weighted by Crippen LogP contribution is 2.26. The fourth-order valence-corrected chi connectivity index (χ4v) is 3.00. The summed E-state index contributed by atoms with van der Waals surface area (Å²) in [7, 11) is 1.58. The molecule has 1 aliphatic heterocycles. The van der Waals surface area contributed by atoms with Crippen molar-refractivity contribution in [3.63, 3.8) is 0 Å². The second kappa shape index (κ2) is 6.93. The van der Waals surface area contributed by atoms with Crippen LogP contribution in [-0.2, 0) is 4.79 Å². The number of hydrogen-bond acceptors (Lipinski definition) is 3. The van der Waals surface area contributed by atoms with E-state index in [9.17, 15) is 14.0 Å². The van der Waals surface area contributed by atoms with Gasteiger partial charge in [-0.3, -0.25) is 9.59 Å². The topological polar surface area (TPSA) is 72.6 Å². The zero-order valence-electron chi connectivity index (χ0n) is 13.9. The second-order valence-corrected chi connectivity index (χ2v) is 6.06. The molecule has 1 heterocycles. The Bertz CT molecular complexity index is 805. The lowest BCUT2D eigenvalue weighted by molar-refractivity contribution is -0.121. The Morgan fingerprint density at radius 1 is 1.16 bits per heavy atom. The largest absolute Gasteiger partial charge is 0.497 e. The lowest BCUT2D eigenvalue weighted by atomic mass is 10.0. The Balaban J connectivity index is 1.79. The van der Waals surface area contributed by atoms with Crippen LogP contribution >= 0.6 is 0 Å². The number of likely N-dealkylation sites (tertiary alicyclic amines) is 1. The molecule has 5 nitrogen and oxygen atoms in total. The van der Waals surface area contributed by atoms with Crippen LogP contribution < -0.4 is 10.5 Å². The van der Waals surface area contributed by atoms with Gasteiger partial charge in [0.1, 0.15) is 11.6 Å². The maximum atomic E-state index is 14.5. The van der Waals surface area contributed by atoms with Crippen molar-refractivity contribution >= 4 is 11.8 Å². The molecule has 0 unspecified atom stereocenters. The molecule has 2 aromatic carbocycles. The van der Waals surface area contributed by atoms with E-state index in [0.717, 1.165) is 5.56 Å². The molecule has 0 radical (unpaired) electrons. The van der Waals surface area contributed by atoms with Crippen molar-refractivity contribution in [2.75, 3.05) is 20.2 Å². The van der Waals surface area contributed by atoms with Crippen LogP contribution in [0.1, 0.15) is 16.8 Å². The second-order valence-electron chi connectivity index (χ2n) is 6.06. The predicted molar refractivity (Wildman–Crippen MR) is 91.6 cm³/mol. The minimum absolute atomic E-state index is 0.00221. The average Bonchev–Trinajstić information content (AvgIpc) is 3.11. The summed E-state index contributed by atoms with van der Waals surface area (Å²) in [6.07, 6.45) is 0.520. The lowest BCUT2D eigenvalue weighted by Gasteiger charge is -2.16. The predicted octanol–water partition coefficient (Wildman–Crippen LogP) is 2.45. The number of rotatable bonds is 4. The van der Waals surface area contributed by atoms with E-state index in [1.54, 1.807) is 25.3 Å². The van der Waals surface area contributed by atoms with Gasteiger partial charge in [-0.25, -0.2) is 4.39 Å². The van der Waals surface area contributed by atoms with Gasteiger partial charge in [0, 0.05) is 13.1 Å². The molecule has 1 atom stereocenters. The Morgan fingerprint density at radius 2 is 1.84 bits per heavy atom. The molecule has 0 spiro atoms. The monoisotopic (exact) mass is 342 g/mol. The van der Waals surface area contributed by atoms with Crippen LogP contribution in [0.3, 0.4) is 0 Å². The number of nitrogens with two attached hydrogens (primary N) is 1. The van der Waals surface area contributed by atoms with E-state index in [1.165, 1.54) is 17.0 Å². The summed E-state index contributed by atoms with van der Waals surface area (Å²) in [6.45, 7) is 0.653. The van der Waals surface area contributed by atoms with Crippen molar-refractivity contribution in [3.05, 3.63) is 53.8 Å². The molecule has 3 rings (SSSR count). The van der Waals surface area contributed by atoms with E-state index < -0.39 is 17.6 Å². The molecule has 1 aliphatic rings. The van der Waals surface area contributed by atoms with Gasteiger partial charge in [0.2, 0.25) is 5.91 Å². The molecule has 0 bridgehead atoms. The van der Waals surface area contributed by atoms with Crippen LogP contribution in [0.2, 0.25) is 0 Å². The number of ether oxygens (including phenoxy) is 1.